The third-order valence-corrected chi connectivity index (χ3v) is 6.35. The van der Waals surface area contributed by atoms with E-state index in [9.17, 15) is 14.4 Å². The minimum Gasteiger partial charge on any atom is -0.397 e. The molecule has 2 aromatic carbocycles. The number of H-pyrrole nitrogens is 1. The van der Waals surface area contributed by atoms with Gasteiger partial charge in [-0.3, -0.25) is 19.3 Å². The molecule has 0 aliphatic rings. The number of hydrogen-bond donors (Lipinski definition) is 2. The van der Waals surface area contributed by atoms with E-state index < -0.39 is 5.56 Å². The van der Waals surface area contributed by atoms with Crippen LogP contribution in [0.3, 0.4) is 0 Å². The number of likely N-dealkylation sites (N-methyl/N-ethyl adjacent to an activating group) is 1. The van der Waals surface area contributed by atoms with E-state index in [2.05, 4.69) is 20.6 Å². The number of nitrogens with zero attached hydrogens (tertiary/aromatic N) is 6. The highest BCUT2D eigenvalue weighted by Crippen LogP contribution is 2.40. The van der Waals surface area contributed by atoms with Crippen molar-refractivity contribution in [2.24, 2.45) is 5.92 Å². The molecule has 0 fully saturated rings. The van der Waals surface area contributed by atoms with Gasteiger partial charge in [0, 0.05) is 37.8 Å². The smallest absolute Gasteiger partial charge is 0.277 e. The molecule has 2 aromatic heterocycles. The second-order valence-corrected chi connectivity index (χ2v) is 9.82. The third-order valence-electron chi connectivity index (χ3n) is 6.35. The zero-order valence-electron chi connectivity index (χ0n) is 22.5. The first-order valence-corrected chi connectivity index (χ1v) is 12.6. The van der Waals surface area contributed by atoms with E-state index in [-0.39, 0.29) is 42.1 Å². The molecule has 0 saturated carbocycles. The van der Waals surface area contributed by atoms with Crippen molar-refractivity contribution in [1.29, 1.82) is 0 Å². The van der Waals surface area contributed by atoms with Gasteiger partial charge in [0.05, 0.1) is 11.4 Å². The van der Waals surface area contributed by atoms with Crippen molar-refractivity contribution in [3.63, 3.8) is 0 Å². The molecule has 2 amide bonds. The summed E-state index contributed by atoms with van der Waals surface area (Å²) in [6.45, 7) is 3.88. The van der Waals surface area contributed by atoms with Crippen LogP contribution in [-0.2, 0) is 16.1 Å². The Morgan fingerprint density at radius 3 is 2.28 bits per heavy atom. The maximum absolute atomic E-state index is 13.9. The molecule has 0 aliphatic heterocycles. The zero-order valence-corrected chi connectivity index (χ0v) is 22.5. The number of benzene rings is 2. The van der Waals surface area contributed by atoms with Gasteiger partial charge in [-0.15, -0.1) is 5.10 Å². The lowest BCUT2D eigenvalue weighted by Gasteiger charge is -2.27. The molecular formula is C28H32N8O3. The van der Waals surface area contributed by atoms with Gasteiger partial charge in [0.2, 0.25) is 11.8 Å². The predicted molar refractivity (Wildman–Crippen MR) is 150 cm³/mol. The fourth-order valence-corrected chi connectivity index (χ4v) is 4.21. The van der Waals surface area contributed by atoms with Crippen LogP contribution in [-0.4, -0.2) is 56.0 Å². The summed E-state index contributed by atoms with van der Waals surface area (Å²) in [5, 5.41) is 14.3. The molecule has 0 aliphatic carbocycles. The molecule has 0 atom stereocenters. The third kappa shape index (κ3) is 5.87. The van der Waals surface area contributed by atoms with E-state index in [0.29, 0.717) is 23.5 Å². The molecule has 39 heavy (non-hydrogen) atoms. The maximum atomic E-state index is 13.9. The van der Waals surface area contributed by atoms with Crippen molar-refractivity contribution in [2.45, 2.75) is 33.2 Å². The van der Waals surface area contributed by atoms with E-state index in [4.69, 9.17) is 5.73 Å². The van der Waals surface area contributed by atoms with Crippen LogP contribution >= 0.6 is 0 Å². The molecule has 11 nitrogen and oxygen atoms in total. The molecule has 3 N–H and O–H groups in total. The Kier molecular flexibility index (Phi) is 8.18. The maximum Gasteiger partial charge on any atom is 0.277 e. The van der Waals surface area contributed by atoms with Gasteiger partial charge < -0.3 is 15.2 Å². The number of anilines is 3. The number of para-hydroxylation sites is 1. The van der Waals surface area contributed by atoms with Gasteiger partial charge in [-0.25, -0.2) is 5.10 Å². The summed E-state index contributed by atoms with van der Waals surface area (Å²) in [7, 11) is 3.23. The number of nitrogens with one attached hydrogen (secondary N) is 1. The number of aromatic nitrogens is 5. The lowest BCUT2D eigenvalue weighted by atomic mass is 9.96. The second-order valence-electron chi connectivity index (χ2n) is 9.82. The number of rotatable bonds is 9. The largest absolute Gasteiger partial charge is 0.397 e. The first kappa shape index (κ1) is 27.2. The van der Waals surface area contributed by atoms with Crippen LogP contribution in [0.1, 0.15) is 26.7 Å². The fraction of sp³-hybridized carbons (Fsp3) is 0.286. The number of nitrogen functional groups attached to an aromatic ring is 1. The summed E-state index contributed by atoms with van der Waals surface area (Å²) >= 11 is 0. The van der Waals surface area contributed by atoms with Gasteiger partial charge >= 0.3 is 0 Å². The van der Waals surface area contributed by atoms with Gasteiger partial charge in [-0.2, -0.15) is 0 Å². The zero-order chi connectivity index (χ0) is 28.1. The minimum absolute atomic E-state index is 0.00377. The van der Waals surface area contributed by atoms with Crippen molar-refractivity contribution >= 4 is 28.9 Å². The Balaban J connectivity index is 1.94. The van der Waals surface area contributed by atoms with Crippen molar-refractivity contribution in [2.75, 3.05) is 24.7 Å². The highest BCUT2D eigenvalue weighted by molar-refractivity contribution is 6.06. The standard InChI is InChI=1S/C28H32N8O3/c1-18(2)13-14-24(37)36(26-22(29)15-16-35(28(26)39)17-25(38)34(3)4)23-12-8-7-10-20(23)19-9-5-6-11-21(19)27-30-32-33-31-27/h5-12,15-16,18H,13-14,17,29H2,1-4H3,(H,30,31,32,33). The first-order valence-electron chi connectivity index (χ1n) is 12.6. The second kappa shape index (κ2) is 11.7. The number of amides is 2. The van der Waals surface area contributed by atoms with Gasteiger partial charge in [0.15, 0.2) is 5.82 Å². The predicted octanol–water partition coefficient (Wildman–Crippen LogP) is 3.47. The first-order chi connectivity index (χ1) is 18.7. The number of pyridine rings is 1. The molecule has 4 aromatic rings. The van der Waals surface area contributed by atoms with Gasteiger partial charge in [-0.05, 0) is 40.5 Å². The highest BCUT2D eigenvalue weighted by atomic mass is 16.2. The molecule has 0 bridgehead atoms. The molecule has 0 saturated heterocycles. The van der Waals surface area contributed by atoms with Crippen molar-refractivity contribution in [1.82, 2.24) is 30.1 Å². The van der Waals surface area contributed by atoms with Crippen LogP contribution in [0.5, 0.6) is 0 Å². The van der Waals surface area contributed by atoms with E-state index in [0.717, 1.165) is 11.1 Å². The van der Waals surface area contributed by atoms with Crippen molar-refractivity contribution in [3.8, 4) is 22.5 Å². The molecular weight excluding hydrogens is 496 g/mol. The topological polar surface area (TPSA) is 143 Å². The summed E-state index contributed by atoms with van der Waals surface area (Å²) in [6, 6.07) is 16.4. The summed E-state index contributed by atoms with van der Waals surface area (Å²) < 4.78 is 1.27. The number of carbonyl (C=O) groups is 2. The average Bonchev–Trinajstić information content (AvgIpc) is 3.46. The van der Waals surface area contributed by atoms with Gasteiger partial charge in [-0.1, -0.05) is 56.3 Å². The van der Waals surface area contributed by atoms with Crippen LogP contribution in [0.25, 0.3) is 22.5 Å². The van der Waals surface area contributed by atoms with Crippen molar-refractivity contribution in [3.05, 3.63) is 71.1 Å². The number of carbonyl (C=O) groups excluding carboxylic acids is 2. The number of hydrogen-bond acceptors (Lipinski definition) is 7. The highest BCUT2D eigenvalue weighted by Gasteiger charge is 2.28. The van der Waals surface area contributed by atoms with Crippen LogP contribution in [0, 0.1) is 5.92 Å². The summed E-state index contributed by atoms with van der Waals surface area (Å²) in [6.07, 6.45) is 2.29. The molecule has 0 unspecified atom stereocenters. The van der Waals surface area contributed by atoms with E-state index in [1.165, 1.54) is 20.6 Å². The Hall–Kier alpha value is -4.80. The lowest BCUT2D eigenvalue weighted by molar-refractivity contribution is -0.129. The lowest BCUT2D eigenvalue weighted by Crippen LogP contribution is -2.37. The van der Waals surface area contributed by atoms with E-state index in [1.807, 2.05) is 50.2 Å². The molecule has 11 heteroatoms. The SMILES string of the molecule is CC(C)CCC(=O)N(c1ccccc1-c1ccccc1-c1nnn[nH]1)c1c(N)ccn(CC(=O)N(C)C)c1=O. The number of nitrogens with two attached hydrogens (primary N) is 1. The van der Waals surface area contributed by atoms with Crippen LogP contribution in [0.15, 0.2) is 65.6 Å². The molecule has 0 radical (unpaired) electrons. The Morgan fingerprint density at radius 1 is 0.974 bits per heavy atom. The molecule has 2 heterocycles. The quantitative estimate of drug-likeness (QED) is 0.339. The average molecular weight is 529 g/mol. The number of tetrazole rings is 1. The monoisotopic (exact) mass is 528 g/mol. The van der Waals surface area contributed by atoms with E-state index in [1.54, 1.807) is 32.3 Å². The van der Waals surface area contributed by atoms with Crippen molar-refractivity contribution < 1.29 is 9.59 Å². The molecule has 202 valence electrons. The van der Waals surface area contributed by atoms with Crippen LogP contribution in [0.4, 0.5) is 17.1 Å². The minimum atomic E-state index is -0.536. The Bertz CT molecular complexity index is 1530. The molecule has 4 rings (SSSR count). The summed E-state index contributed by atoms with van der Waals surface area (Å²) in [5.41, 5.74) is 8.61. The van der Waals surface area contributed by atoms with E-state index >= 15 is 0 Å². The fourth-order valence-electron chi connectivity index (χ4n) is 4.21. The summed E-state index contributed by atoms with van der Waals surface area (Å²) in [4.78, 5) is 42.9. The Labute approximate surface area is 226 Å². The number of aromatic amines is 1. The van der Waals surface area contributed by atoms with Gasteiger partial charge in [0.1, 0.15) is 12.2 Å². The normalized spacial score (nSPS) is 11.0. The van der Waals surface area contributed by atoms with Crippen LogP contribution < -0.4 is 16.2 Å². The Morgan fingerprint density at radius 2 is 1.64 bits per heavy atom. The van der Waals surface area contributed by atoms with Gasteiger partial charge in [0.25, 0.3) is 5.56 Å². The summed E-state index contributed by atoms with van der Waals surface area (Å²) in [5.74, 6) is 0.186. The van der Waals surface area contributed by atoms with Crippen LogP contribution in [0.2, 0.25) is 0 Å². The molecule has 0 spiro atoms.